The molecule has 128 valence electrons. The summed E-state index contributed by atoms with van der Waals surface area (Å²) < 4.78 is 4.09. The van der Waals surface area contributed by atoms with Gasteiger partial charge in [0.2, 0.25) is 0 Å². The van der Waals surface area contributed by atoms with Gasteiger partial charge in [0, 0.05) is 11.6 Å². The molecule has 0 atom stereocenters. The summed E-state index contributed by atoms with van der Waals surface area (Å²) in [5, 5.41) is 14.2. The molecule has 1 aliphatic rings. The Balaban J connectivity index is 1.52. The molecule has 0 aliphatic carbocycles. The summed E-state index contributed by atoms with van der Waals surface area (Å²) in [5.41, 5.74) is 4.05. The predicted octanol–water partition coefficient (Wildman–Crippen LogP) is 3.35. The van der Waals surface area contributed by atoms with Crippen LogP contribution in [-0.4, -0.2) is 37.5 Å². The molecule has 4 aromatic heterocycles. The smallest absolute Gasteiger partial charge is 0.146 e. The molecule has 25 heavy (non-hydrogen) atoms. The van der Waals surface area contributed by atoms with Gasteiger partial charge in [0.15, 0.2) is 0 Å². The molecule has 0 unspecified atom stereocenters. The number of aryl methyl sites for hydroxylation is 2. The highest BCUT2D eigenvalue weighted by Gasteiger charge is 2.18. The minimum absolute atomic E-state index is 0.524. The van der Waals surface area contributed by atoms with E-state index in [2.05, 4.69) is 33.3 Å². The minimum atomic E-state index is 0.524. The van der Waals surface area contributed by atoms with Crippen LogP contribution in [0.1, 0.15) is 30.3 Å². The average molecular weight is 352 g/mol. The van der Waals surface area contributed by atoms with Crippen LogP contribution in [0.5, 0.6) is 0 Å². The lowest BCUT2D eigenvalue weighted by atomic mass is 10.1. The van der Waals surface area contributed by atoms with E-state index in [1.807, 2.05) is 24.6 Å². The summed E-state index contributed by atoms with van der Waals surface area (Å²) in [6, 6.07) is 4.85. The maximum Gasteiger partial charge on any atom is 0.146 e. The number of rotatable bonds is 2. The van der Waals surface area contributed by atoms with Gasteiger partial charge in [0.1, 0.15) is 10.5 Å². The van der Waals surface area contributed by atoms with Gasteiger partial charge < -0.3 is 5.32 Å². The summed E-state index contributed by atoms with van der Waals surface area (Å²) in [6.07, 6.45) is 6.47. The first-order chi connectivity index (χ1) is 12.2. The van der Waals surface area contributed by atoms with E-state index in [1.165, 1.54) is 5.39 Å². The monoisotopic (exact) mass is 352 g/mol. The summed E-state index contributed by atoms with van der Waals surface area (Å²) in [4.78, 5) is 6.78. The van der Waals surface area contributed by atoms with E-state index in [0.29, 0.717) is 6.04 Å². The zero-order valence-corrected chi connectivity index (χ0v) is 15.2. The van der Waals surface area contributed by atoms with Crippen molar-refractivity contribution in [2.75, 3.05) is 13.1 Å². The van der Waals surface area contributed by atoms with Gasteiger partial charge in [-0.25, -0.2) is 4.52 Å². The first-order valence-electron chi connectivity index (χ1n) is 8.71. The summed E-state index contributed by atoms with van der Waals surface area (Å²) in [5.74, 6) is 0. The molecule has 1 N–H and O–H groups in total. The van der Waals surface area contributed by atoms with E-state index in [-0.39, 0.29) is 0 Å². The van der Waals surface area contributed by atoms with Gasteiger partial charge in [-0.1, -0.05) is 0 Å². The van der Waals surface area contributed by atoms with Gasteiger partial charge in [-0.3, -0.25) is 9.67 Å². The highest BCUT2D eigenvalue weighted by Crippen LogP contribution is 2.34. The van der Waals surface area contributed by atoms with Gasteiger partial charge in [-0.05, 0) is 51.9 Å². The van der Waals surface area contributed by atoms with Gasteiger partial charge in [0.25, 0.3) is 0 Å². The minimum Gasteiger partial charge on any atom is -0.317 e. The van der Waals surface area contributed by atoms with E-state index < -0.39 is 0 Å². The van der Waals surface area contributed by atoms with Crippen LogP contribution in [-0.2, 0) is 0 Å². The Hall–Kier alpha value is -2.25. The average Bonchev–Trinajstić information content (AvgIpc) is 3.27. The number of thiophene rings is 1. The van der Waals surface area contributed by atoms with Crippen molar-refractivity contribution in [1.29, 1.82) is 0 Å². The van der Waals surface area contributed by atoms with Crippen LogP contribution in [0.3, 0.4) is 0 Å². The summed E-state index contributed by atoms with van der Waals surface area (Å²) >= 11 is 1.72. The Bertz CT molecular complexity index is 1030. The first-order valence-corrected chi connectivity index (χ1v) is 9.52. The second-order valence-electron chi connectivity index (χ2n) is 6.79. The number of hydrogen-bond donors (Lipinski definition) is 1. The van der Waals surface area contributed by atoms with Crippen molar-refractivity contribution in [2.24, 2.45) is 0 Å². The van der Waals surface area contributed by atoms with Crippen LogP contribution >= 0.6 is 11.3 Å². The Morgan fingerprint density at radius 3 is 2.76 bits per heavy atom. The standard InChI is InChI=1S/C18H20N6S/c1-11-9-24-16(12(2)20-11)8-15(21-24)17-7-13-10-23(22-18(13)25-17)14-3-5-19-6-4-14/h7-10,14,19H,3-6H2,1-2H3. The molecule has 0 bridgehead atoms. The van der Waals surface area contributed by atoms with Crippen molar-refractivity contribution < 1.29 is 0 Å². The molecule has 0 radical (unpaired) electrons. The highest BCUT2D eigenvalue weighted by atomic mass is 32.1. The lowest BCUT2D eigenvalue weighted by Crippen LogP contribution is -2.29. The second kappa shape index (κ2) is 5.64. The molecule has 1 saturated heterocycles. The van der Waals surface area contributed by atoms with Crippen molar-refractivity contribution in [2.45, 2.75) is 32.7 Å². The lowest BCUT2D eigenvalue weighted by molar-refractivity contribution is 0.345. The van der Waals surface area contributed by atoms with Gasteiger partial charge in [-0.15, -0.1) is 11.3 Å². The lowest BCUT2D eigenvalue weighted by Gasteiger charge is -2.22. The zero-order valence-electron chi connectivity index (χ0n) is 14.4. The number of nitrogens with zero attached hydrogens (tertiary/aromatic N) is 5. The Morgan fingerprint density at radius 2 is 1.96 bits per heavy atom. The van der Waals surface area contributed by atoms with Crippen LogP contribution in [0.15, 0.2) is 24.5 Å². The SMILES string of the molecule is Cc1cn2nc(-c3cc4cn(C5CCNCC5)nc4s3)cc2c(C)n1. The number of hydrogen-bond acceptors (Lipinski definition) is 5. The Morgan fingerprint density at radius 1 is 1.12 bits per heavy atom. The van der Waals surface area contributed by atoms with Crippen LogP contribution in [0, 0.1) is 13.8 Å². The number of aromatic nitrogens is 5. The van der Waals surface area contributed by atoms with Crippen molar-refractivity contribution >= 4 is 27.1 Å². The van der Waals surface area contributed by atoms with Crippen molar-refractivity contribution in [1.82, 2.24) is 29.7 Å². The fourth-order valence-electron chi connectivity index (χ4n) is 3.64. The molecule has 0 saturated carbocycles. The van der Waals surface area contributed by atoms with E-state index in [4.69, 9.17) is 10.2 Å². The number of nitrogens with one attached hydrogen (secondary N) is 1. The third-order valence-corrected chi connectivity index (χ3v) is 5.97. The summed E-state index contributed by atoms with van der Waals surface area (Å²) in [6.45, 7) is 6.19. The fourth-order valence-corrected chi connectivity index (χ4v) is 4.60. The normalized spacial score (nSPS) is 16.2. The van der Waals surface area contributed by atoms with Crippen LogP contribution in [0.25, 0.3) is 26.3 Å². The molecule has 0 spiro atoms. The zero-order chi connectivity index (χ0) is 17.0. The molecule has 5 heterocycles. The predicted molar refractivity (Wildman–Crippen MR) is 100 cm³/mol. The van der Waals surface area contributed by atoms with Crippen molar-refractivity contribution in [3.05, 3.63) is 35.9 Å². The van der Waals surface area contributed by atoms with Crippen molar-refractivity contribution in [3.63, 3.8) is 0 Å². The maximum absolute atomic E-state index is 4.83. The molecule has 7 heteroatoms. The van der Waals surface area contributed by atoms with Crippen LogP contribution < -0.4 is 5.32 Å². The molecule has 0 amide bonds. The van der Waals surface area contributed by atoms with E-state index in [9.17, 15) is 0 Å². The van der Waals surface area contributed by atoms with E-state index >= 15 is 0 Å². The Kier molecular flexibility index (Phi) is 3.39. The molecule has 1 fully saturated rings. The number of fused-ring (bicyclic) bond motifs is 2. The van der Waals surface area contributed by atoms with Crippen molar-refractivity contribution in [3.8, 4) is 10.6 Å². The molecule has 1 aliphatic heterocycles. The molecule has 0 aromatic carbocycles. The molecule has 6 nitrogen and oxygen atoms in total. The third kappa shape index (κ3) is 2.54. The van der Waals surface area contributed by atoms with E-state index in [0.717, 1.165) is 58.2 Å². The topological polar surface area (TPSA) is 60.0 Å². The van der Waals surface area contributed by atoms with Crippen LogP contribution in [0.2, 0.25) is 0 Å². The first kappa shape index (κ1) is 15.0. The maximum atomic E-state index is 4.83. The quantitative estimate of drug-likeness (QED) is 0.601. The molecular weight excluding hydrogens is 332 g/mol. The third-order valence-electron chi connectivity index (χ3n) is 4.91. The van der Waals surface area contributed by atoms with Gasteiger partial charge in [0.05, 0.1) is 34.0 Å². The highest BCUT2D eigenvalue weighted by molar-refractivity contribution is 7.21. The van der Waals surface area contributed by atoms with Gasteiger partial charge in [-0.2, -0.15) is 10.2 Å². The van der Waals surface area contributed by atoms with Gasteiger partial charge >= 0.3 is 0 Å². The molecular formula is C18H20N6S. The van der Waals surface area contributed by atoms with E-state index in [1.54, 1.807) is 11.3 Å². The molecule has 5 rings (SSSR count). The second-order valence-corrected chi connectivity index (χ2v) is 7.82. The Labute approximate surface area is 149 Å². The largest absolute Gasteiger partial charge is 0.317 e. The fraction of sp³-hybridized carbons (Fsp3) is 0.389. The summed E-state index contributed by atoms with van der Waals surface area (Å²) in [7, 11) is 0. The van der Waals surface area contributed by atoms with Crippen LogP contribution in [0.4, 0.5) is 0 Å². The molecule has 4 aromatic rings. The number of piperidine rings is 1.